The highest BCUT2D eigenvalue weighted by molar-refractivity contribution is 5.90. The van der Waals surface area contributed by atoms with E-state index in [2.05, 4.69) is 37.8 Å². The third-order valence-corrected chi connectivity index (χ3v) is 6.17. The normalized spacial score (nSPS) is 19.8. The van der Waals surface area contributed by atoms with E-state index in [1.54, 1.807) is 0 Å². The monoisotopic (exact) mass is 364 g/mol. The van der Waals surface area contributed by atoms with Crippen LogP contribution in [0.2, 0.25) is 0 Å². The first-order valence-corrected chi connectivity index (χ1v) is 10.5. The zero-order valence-corrected chi connectivity index (χ0v) is 16.8. The number of rotatable bonds is 7. The number of benzene rings is 2. The van der Waals surface area contributed by atoms with Crippen LogP contribution in [0.15, 0.2) is 43.0 Å². The maximum Gasteiger partial charge on any atom is 0.335 e. The molecule has 27 heavy (non-hydrogen) atoms. The summed E-state index contributed by atoms with van der Waals surface area (Å²) in [5.74, 6) is 1.84. The molecule has 0 aliphatic heterocycles. The molecule has 3 rings (SSSR count). The zero-order valence-electron chi connectivity index (χ0n) is 16.8. The van der Waals surface area contributed by atoms with E-state index in [4.69, 9.17) is 4.74 Å². The number of fused-ring (bicyclic) bond motifs is 1. The second-order valence-corrected chi connectivity index (χ2v) is 8.01. The van der Waals surface area contributed by atoms with Gasteiger partial charge in [0.05, 0.1) is 0 Å². The summed E-state index contributed by atoms with van der Waals surface area (Å²) >= 11 is 0. The lowest BCUT2D eigenvalue weighted by molar-refractivity contribution is -0.129. The summed E-state index contributed by atoms with van der Waals surface area (Å²) in [5.41, 5.74) is 2.47. The Morgan fingerprint density at radius 3 is 2.63 bits per heavy atom. The lowest BCUT2D eigenvalue weighted by Crippen LogP contribution is -2.13. The van der Waals surface area contributed by atoms with E-state index in [0.717, 1.165) is 16.9 Å². The Morgan fingerprint density at radius 1 is 1.15 bits per heavy atom. The van der Waals surface area contributed by atoms with Crippen molar-refractivity contribution in [3.63, 3.8) is 0 Å². The van der Waals surface area contributed by atoms with Gasteiger partial charge in [0, 0.05) is 6.08 Å². The Hall–Kier alpha value is -2.09. The average molecular weight is 365 g/mol. The molecule has 1 saturated carbocycles. The summed E-state index contributed by atoms with van der Waals surface area (Å²) < 4.78 is 5.34. The summed E-state index contributed by atoms with van der Waals surface area (Å²) in [6.07, 6.45) is 12.1. The number of hydrogen-bond acceptors (Lipinski definition) is 2. The fourth-order valence-electron chi connectivity index (χ4n) is 4.47. The van der Waals surface area contributed by atoms with Gasteiger partial charge in [-0.1, -0.05) is 63.5 Å². The molecule has 0 saturated heterocycles. The van der Waals surface area contributed by atoms with Gasteiger partial charge in [-0.3, -0.25) is 0 Å². The molecule has 0 radical (unpaired) electrons. The number of aryl methyl sites for hydroxylation is 1. The van der Waals surface area contributed by atoms with Crippen LogP contribution >= 0.6 is 0 Å². The molecule has 2 nitrogen and oxygen atoms in total. The van der Waals surface area contributed by atoms with Crippen LogP contribution in [-0.4, -0.2) is 5.97 Å². The summed E-state index contributed by atoms with van der Waals surface area (Å²) in [6.45, 7) is 7.76. The fraction of sp³-hybridized carbons (Fsp3) is 0.480. The minimum atomic E-state index is -0.412. The molecule has 0 bridgehead atoms. The van der Waals surface area contributed by atoms with Crippen molar-refractivity contribution in [2.24, 2.45) is 5.92 Å². The van der Waals surface area contributed by atoms with E-state index in [0.29, 0.717) is 11.7 Å². The van der Waals surface area contributed by atoms with Gasteiger partial charge in [0.1, 0.15) is 5.75 Å². The molecule has 0 amide bonds. The number of ether oxygens (including phenoxy) is 1. The molecule has 1 aliphatic rings. The largest absolute Gasteiger partial charge is 0.423 e. The van der Waals surface area contributed by atoms with Crippen LogP contribution in [0.4, 0.5) is 0 Å². The Bertz CT molecular complexity index is 797. The summed E-state index contributed by atoms with van der Waals surface area (Å²) in [7, 11) is 0. The second-order valence-electron chi connectivity index (χ2n) is 8.01. The molecule has 2 aromatic carbocycles. The van der Waals surface area contributed by atoms with Gasteiger partial charge in [-0.2, -0.15) is 0 Å². The van der Waals surface area contributed by atoms with Crippen LogP contribution in [0.1, 0.15) is 75.3 Å². The first-order chi connectivity index (χ1) is 13.1. The number of carbonyl (C=O) groups is 1. The standard InChI is InChI=1S/C25H32O2/c1-4-6-7-8-19-9-11-20(12-10-19)21-13-15-23-18(3)24(27-25(26)5-2)16-14-22(23)17-21/h5,13-17,19-20H,2,4,6-12H2,1,3H3. The van der Waals surface area contributed by atoms with Crippen molar-refractivity contribution in [2.45, 2.75) is 71.1 Å². The van der Waals surface area contributed by atoms with Gasteiger partial charge >= 0.3 is 5.97 Å². The van der Waals surface area contributed by atoms with Crippen LogP contribution in [0, 0.1) is 12.8 Å². The van der Waals surface area contributed by atoms with E-state index in [1.165, 1.54) is 68.4 Å². The minimum Gasteiger partial charge on any atom is -0.423 e. The highest BCUT2D eigenvalue weighted by Gasteiger charge is 2.22. The molecular weight excluding hydrogens is 332 g/mol. The van der Waals surface area contributed by atoms with Gasteiger partial charge in [0.2, 0.25) is 0 Å². The molecule has 1 aliphatic carbocycles. The lowest BCUT2D eigenvalue weighted by Gasteiger charge is -2.29. The summed E-state index contributed by atoms with van der Waals surface area (Å²) in [4.78, 5) is 11.5. The van der Waals surface area contributed by atoms with E-state index in [1.807, 2.05) is 13.0 Å². The zero-order chi connectivity index (χ0) is 19.2. The quantitative estimate of drug-likeness (QED) is 0.227. The van der Waals surface area contributed by atoms with Gasteiger partial charge in [-0.15, -0.1) is 0 Å². The SMILES string of the molecule is C=CC(=O)Oc1ccc2cc(C3CCC(CCCCC)CC3)ccc2c1C. The van der Waals surface area contributed by atoms with Gasteiger partial charge < -0.3 is 4.74 Å². The Balaban J connectivity index is 1.69. The fourth-order valence-corrected chi connectivity index (χ4v) is 4.47. The van der Waals surface area contributed by atoms with Crippen LogP contribution in [0.3, 0.4) is 0 Å². The van der Waals surface area contributed by atoms with Gasteiger partial charge in [0.25, 0.3) is 0 Å². The van der Waals surface area contributed by atoms with Crippen molar-refractivity contribution in [3.05, 3.63) is 54.1 Å². The Kier molecular flexibility index (Phi) is 6.71. The first-order valence-electron chi connectivity index (χ1n) is 10.5. The van der Waals surface area contributed by atoms with E-state index in [-0.39, 0.29) is 0 Å². The molecular formula is C25H32O2. The van der Waals surface area contributed by atoms with Gasteiger partial charge in [-0.05, 0) is 72.4 Å². The highest BCUT2D eigenvalue weighted by Crippen LogP contribution is 2.39. The molecule has 0 heterocycles. The smallest absolute Gasteiger partial charge is 0.335 e. The van der Waals surface area contributed by atoms with E-state index >= 15 is 0 Å². The van der Waals surface area contributed by atoms with Crippen molar-refractivity contribution in [3.8, 4) is 5.75 Å². The van der Waals surface area contributed by atoms with Crippen molar-refractivity contribution in [1.29, 1.82) is 0 Å². The van der Waals surface area contributed by atoms with E-state index < -0.39 is 5.97 Å². The number of hydrogen-bond donors (Lipinski definition) is 0. The first kappa shape index (κ1) is 19.7. The van der Waals surface area contributed by atoms with Crippen molar-refractivity contribution in [1.82, 2.24) is 0 Å². The highest BCUT2D eigenvalue weighted by atomic mass is 16.5. The second kappa shape index (κ2) is 9.21. The van der Waals surface area contributed by atoms with Crippen LogP contribution in [0.5, 0.6) is 5.75 Å². The molecule has 0 atom stereocenters. The topological polar surface area (TPSA) is 26.3 Å². The van der Waals surface area contributed by atoms with Crippen molar-refractivity contribution in [2.75, 3.05) is 0 Å². The maximum absolute atomic E-state index is 11.5. The Morgan fingerprint density at radius 2 is 1.93 bits per heavy atom. The molecule has 2 aromatic rings. The van der Waals surface area contributed by atoms with Gasteiger partial charge in [0.15, 0.2) is 0 Å². The molecule has 1 fully saturated rings. The van der Waals surface area contributed by atoms with Crippen LogP contribution < -0.4 is 4.74 Å². The lowest BCUT2D eigenvalue weighted by atomic mass is 9.76. The third-order valence-electron chi connectivity index (χ3n) is 6.17. The third kappa shape index (κ3) is 4.80. The number of esters is 1. The minimum absolute atomic E-state index is 0.412. The maximum atomic E-state index is 11.5. The van der Waals surface area contributed by atoms with Gasteiger partial charge in [-0.25, -0.2) is 4.79 Å². The average Bonchev–Trinajstić information content (AvgIpc) is 2.70. The van der Waals surface area contributed by atoms with Crippen LogP contribution in [0.25, 0.3) is 10.8 Å². The number of carbonyl (C=O) groups excluding carboxylic acids is 1. The summed E-state index contributed by atoms with van der Waals surface area (Å²) in [6, 6.07) is 10.8. The summed E-state index contributed by atoms with van der Waals surface area (Å²) in [5, 5.41) is 2.38. The van der Waals surface area contributed by atoms with E-state index in [9.17, 15) is 4.79 Å². The van der Waals surface area contributed by atoms with Crippen LogP contribution in [-0.2, 0) is 4.79 Å². The molecule has 144 valence electrons. The molecule has 2 heteroatoms. The molecule has 0 aromatic heterocycles. The Labute approximate surface area is 163 Å². The number of unbranched alkanes of at least 4 members (excludes halogenated alkanes) is 2. The molecule has 0 spiro atoms. The predicted octanol–water partition coefficient (Wildman–Crippen LogP) is 7.09. The van der Waals surface area contributed by atoms with Crippen molar-refractivity contribution < 1.29 is 9.53 Å². The molecule has 0 unspecified atom stereocenters. The van der Waals surface area contributed by atoms with Crippen molar-refractivity contribution >= 4 is 16.7 Å². The predicted molar refractivity (Wildman–Crippen MR) is 113 cm³/mol. The molecule has 0 N–H and O–H groups in total.